The molecular formula is C12H14BrN5O2. The van der Waals surface area contributed by atoms with E-state index in [4.69, 9.17) is 4.52 Å². The van der Waals surface area contributed by atoms with Gasteiger partial charge in [0, 0.05) is 37.6 Å². The first kappa shape index (κ1) is 14.4. The van der Waals surface area contributed by atoms with Gasteiger partial charge in [-0.3, -0.25) is 4.79 Å². The van der Waals surface area contributed by atoms with Gasteiger partial charge in [0.25, 0.3) is 5.91 Å². The van der Waals surface area contributed by atoms with Crippen LogP contribution < -0.4 is 10.6 Å². The molecule has 0 fully saturated rings. The molecular weight excluding hydrogens is 326 g/mol. The normalized spacial score (nSPS) is 10.3. The topological polar surface area (TPSA) is 92.9 Å². The van der Waals surface area contributed by atoms with E-state index in [1.54, 1.807) is 26.2 Å². The quantitative estimate of drug-likeness (QED) is 0.858. The highest BCUT2D eigenvalue weighted by molar-refractivity contribution is 9.10. The van der Waals surface area contributed by atoms with Gasteiger partial charge in [-0.2, -0.15) is 4.98 Å². The summed E-state index contributed by atoms with van der Waals surface area (Å²) in [4.78, 5) is 20.3. The van der Waals surface area contributed by atoms with Crippen LogP contribution in [0.5, 0.6) is 0 Å². The maximum absolute atomic E-state index is 12.1. The molecule has 2 rings (SSSR count). The van der Waals surface area contributed by atoms with Gasteiger partial charge in [0.1, 0.15) is 5.82 Å². The Morgan fingerprint density at radius 1 is 1.50 bits per heavy atom. The highest BCUT2D eigenvalue weighted by Crippen LogP contribution is 2.17. The number of hydrogen-bond acceptors (Lipinski definition) is 6. The number of anilines is 1. The number of aromatic nitrogens is 3. The molecule has 0 bridgehead atoms. The Bertz CT molecular complexity index is 614. The molecule has 7 nitrogen and oxygen atoms in total. The van der Waals surface area contributed by atoms with Gasteiger partial charge in [-0.25, -0.2) is 4.98 Å². The molecule has 8 heteroatoms. The van der Waals surface area contributed by atoms with Gasteiger partial charge in [0.15, 0.2) is 5.82 Å². The van der Waals surface area contributed by atoms with Crippen molar-refractivity contribution in [2.24, 2.45) is 0 Å². The van der Waals surface area contributed by atoms with Crippen LogP contribution in [0.15, 0.2) is 21.3 Å². The van der Waals surface area contributed by atoms with E-state index in [1.165, 1.54) is 0 Å². The summed E-state index contributed by atoms with van der Waals surface area (Å²) < 4.78 is 5.60. The molecule has 0 saturated heterocycles. The maximum Gasteiger partial charge on any atom is 0.255 e. The zero-order valence-corrected chi connectivity index (χ0v) is 12.7. The molecule has 0 aliphatic carbocycles. The van der Waals surface area contributed by atoms with Crippen LogP contribution >= 0.6 is 15.9 Å². The lowest BCUT2D eigenvalue weighted by atomic mass is 10.2. The van der Waals surface area contributed by atoms with Crippen LogP contribution in [0.3, 0.4) is 0 Å². The summed E-state index contributed by atoms with van der Waals surface area (Å²) >= 11 is 3.30. The third-order valence-corrected chi connectivity index (χ3v) is 2.97. The number of pyridine rings is 1. The zero-order valence-electron chi connectivity index (χ0n) is 11.1. The Balaban J connectivity index is 1.96. The molecule has 0 unspecified atom stereocenters. The number of carbonyl (C=O) groups excluding carboxylic acids is 1. The van der Waals surface area contributed by atoms with Gasteiger partial charge >= 0.3 is 0 Å². The van der Waals surface area contributed by atoms with Crippen molar-refractivity contribution < 1.29 is 9.32 Å². The first-order valence-electron chi connectivity index (χ1n) is 6.01. The molecule has 0 aliphatic heterocycles. The minimum absolute atomic E-state index is 0.205. The molecule has 0 aromatic carbocycles. The van der Waals surface area contributed by atoms with Gasteiger partial charge in [-0.1, -0.05) is 5.16 Å². The molecule has 2 heterocycles. The second-order valence-electron chi connectivity index (χ2n) is 4.04. The predicted molar refractivity (Wildman–Crippen MR) is 76.6 cm³/mol. The van der Waals surface area contributed by atoms with Gasteiger partial charge < -0.3 is 15.2 Å². The highest BCUT2D eigenvalue weighted by Gasteiger charge is 2.12. The van der Waals surface area contributed by atoms with Crippen LogP contribution in [-0.2, 0) is 6.42 Å². The average Bonchev–Trinajstić information content (AvgIpc) is 2.84. The van der Waals surface area contributed by atoms with Gasteiger partial charge in [-0.05, 0) is 22.0 Å². The Kier molecular flexibility index (Phi) is 4.67. The summed E-state index contributed by atoms with van der Waals surface area (Å²) in [5, 5.41) is 9.44. The smallest absolute Gasteiger partial charge is 0.255 e. The summed E-state index contributed by atoms with van der Waals surface area (Å²) in [6.45, 7) is 2.15. The first-order valence-corrected chi connectivity index (χ1v) is 6.80. The molecule has 106 valence electrons. The second kappa shape index (κ2) is 6.47. The lowest BCUT2D eigenvalue weighted by Gasteiger charge is -2.08. The third kappa shape index (κ3) is 3.53. The number of nitrogens with zero attached hydrogens (tertiary/aromatic N) is 3. The number of carbonyl (C=O) groups is 1. The fourth-order valence-electron chi connectivity index (χ4n) is 1.64. The van der Waals surface area contributed by atoms with Crippen molar-refractivity contribution in [3.8, 4) is 0 Å². The van der Waals surface area contributed by atoms with Crippen LogP contribution in [0.2, 0.25) is 0 Å². The number of nitrogens with one attached hydrogen (secondary N) is 2. The minimum Gasteiger partial charge on any atom is -0.372 e. The average molecular weight is 340 g/mol. The van der Waals surface area contributed by atoms with E-state index in [9.17, 15) is 4.79 Å². The molecule has 2 aromatic heterocycles. The number of aryl methyl sites for hydroxylation is 1. The third-order valence-electron chi connectivity index (χ3n) is 2.54. The molecule has 0 saturated carbocycles. The van der Waals surface area contributed by atoms with Crippen LogP contribution in [0, 0.1) is 6.92 Å². The SMILES string of the molecule is CNc1ncc(Br)cc1C(=O)NCCc1noc(C)n1. The van der Waals surface area contributed by atoms with Crippen LogP contribution in [0.4, 0.5) is 5.82 Å². The largest absolute Gasteiger partial charge is 0.372 e. The Hall–Kier alpha value is -1.96. The fraction of sp³-hybridized carbons (Fsp3) is 0.333. The van der Waals surface area contributed by atoms with Gasteiger partial charge in [0.2, 0.25) is 5.89 Å². The minimum atomic E-state index is -0.205. The molecule has 0 aliphatic rings. The Morgan fingerprint density at radius 3 is 2.95 bits per heavy atom. The highest BCUT2D eigenvalue weighted by atomic mass is 79.9. The summed E-state index contributed by atoms with van der Waals surface area (Å²) in [6, 6.07) is 1.71. The van der Waals surface area contributed by atoms with E-state index < -0.39 is 0 Å². The molecule has 20 heavy (non-hydrogen) atoms. The monoisotopic (exact) mass is 339 g/mol. The molecule has 0 radical (unpaired) electrons. The van der Waals surface area contributed by atoms with E-state index in [0.717, 1.165) is 4.47 Å². The lowest BCUT2D eigenvalue weighted by molar-refractivity contribution is 0.0954. The van der Waals surface area contributed by atoms with E-state index in [2.05, 4.69) is 41.7 Å². The molecule has 1 amide bonds. The van der Waals surface area contributed by atoms with Crippen molar-refractivity contribution in [1.82, 2.24) is 20.4 Å². The lowest BCUT2D eigenvalue weighted by Crippen LogP contribution is -2.27. The number of hydrogen-bond donors (Lipinski definition) is 2. The first-order chi connectivity index (χ1) is 9.60. The van der Waals surface area contributed by atoms with Gasteiger partial charge in [-0.15, -0.1) is 0 Å². The number of halogens is 1. The van der Waals surface area contributed by atoms with Crippen molar-refractivity contribution in [3.63, 3.8) is 0 Å². The van der Waals surface area contributed by atoms with Crippen molar-refractivity contribution in [3.05, 3.63) is 34.0 Å². The Labute approximate surface area is 124 Å². The van der Waals surface area contributed by atoms with Crippen LogP contribution in [-0.4, -0.2) is 34.6 Å². The van der Waals surface area contributed by atoms with Crippen molar-refractivity contribution >= 4 is 27.7 Å². The molecule has 0 spiro atoms. The van der Waals surface area contributed by atoms with Crippen LogP contribution in [0.1, 0.15) is 22.1 Å². The zero-order chi connectivity index (χ0) is 14.5. The summed E-state index contributed by atoms with van der Waals surface area (Å²) in [6.07, 6.45) is 2.14. The van der Waals surface area contributed by atoms with Crippen molar-refractivity contribution in [1.29, 1.82) is 0 Å². The number of rotatable bonds is 5. The van der Waals surface area contributed by atoms with Crippen molar-refractivity contribution in [2.45, 2.75) is 13.3 Å². The number of amides is 1. The summed E-state index contributed by atoms with van der Waals surface area (Å²) in [7, 11) is 1.72. The second-order valence-corrected chi connectivity index (χ2v) is 4.95. The standard InChI is InChI=1S/C12H14BrN5O2/c1-7-17-10(18-20-7)3-4-15-12(19)9-5-8(13)6-16-11(9)14-2/h5-6H,3-4H2,1-2H3,(H,14,16)(H,15,19). The van der Waals surface area contributed by atoms with Crippen molar-refractivity contribution in [2.75, 3.05) is 18.9 Å². The summed E-state index contributed by atoms with van der Waals surface area (Å²) in [5.41, 5.74) is 0.478. The van der Waals surface area contributed by atoms with Crippen LogP contribution in [0.25, 0.3) is 0 Å². The Morgan fingerprint density at radius 2 is 2.30 bits per heavy atom. The van der Waals surface area contributed by atoms with E-state index in [-0.39, 0.29) is 5.91 Å². The van der Waals surface area contributed by atoms with E-state index in [0.29, 0.717) is 36.1 Å². The van der Waals surface area contributed by atoms with E-state index >= 15 is 0 Å². The molecule has 2 aromatic rings. The van der Waals surface area contributed by atoms with Gasteiger partial charge in [0.05, 0.1) is 5.56 Å². The maximum atomic E-state index is 12.1. The molecule has 0 atom stereocenters. The van der Waals surface area contributed by atoms with E-state index in [1.807, 2.05) is 0 Å². The summed E-state index contributed by atoms with van der Waals surface area (Å²) in [5.74, 6) is 1.41. The fourth-order valence-corrected chi connectivity index (χ4v) is 1.97. The predicted octanol–water partition coefficient (Wildman–Crippen LogP) is 1.55. The molecule has 2 N–H and O–H groups in total.